The Balaban J connectivity index is 1.92. The average Bonchev–Trinajstić information content (AvgIpc) is 3.09. The Morgan fingerprint density at radius 1 is 1.16 bits per heavy atom. The summed E-state index contributed by atoms with van der Waals surface area (Å²) in [5, 5.41) is 12.0. The van der Waals surface area contributed by atoms with Gasteiger partial charge in [-0.15, -0.1) is 0 Å². The van der Waals surface area contributed by atoms with Gasteiger partial charge in [0.1, 0.15) is 0 Å². The number of nitrogens with one attached hydrogen (secondary N) is 2. The van der Waals surface area contributed by atoms with Crippen LogP contribution in [0.1, 0.15) is 30.2 Å². The van der Waals surface area contributed by atoms with Crippen LogP contribution in [0.15, 0.2) is 47.4 Å². The summed E-state index contributed by atoms with van der Waals surface area (Å²) >= 11 is 1.31. The minimum Gasteiger partial charge on any atom is -0.302 e. The smallest absolute Gasteiger partial charge is 0.262 e. The summed E-state index contributed by atoms with van der Waals surface area (Å²) in [6.07, 6.45) is 0.618. The highest BCUT2D eigenvalue weighted by Gasteiger charge is 2.20. The number of sulfonamides is 1. The number of hydrogen-bond donors (Lipinski definition) is 2. The van der Waals surface area contributed by atoms with Gasteiger partial charge in [-0.3, -0.25) is 9.52 Å². The minimum absolute atomic E-state index is 0.127. The highest BCUT2D eigenvalue weighted by atomic mass is 32.2. The number of aromatic nitrogens is 1. The van der Waals surface area contributed by atoms with Crippen molar-refractivity contribution in [2.45, 2.75) is 38.5 Å². The van der Waals surface area contributed by atoms with Gasteiger partial charge in [-0.05, 0) is 48.7 Å². The molecule has 3 aromatic rings. The number of benzene rings is 2. The van der Waals surface area contributed by atoms with E-state index in [-0.39, 0.29) is 17.2 Å². The first-order chi connectivity index (χ1) is 14.7. The first-order valence-electron chi connectivity index (χ1n) is 9.60. The molecule has 7 nitrogen and oxygen atoms in total. The van der Waals surface area contributed by atoms with Gasteiger partial charge in [0, 0.05) is 12.1 Å². The third-order valence-electron chi connectivity index (χ3n) is 4.59. The third kappa shape index (κ3) is 5.29. The number of rotatable bonds is 7. The molecular weight excluding hydrogens is 432 g/mol. The van der Waals surface area contributed by atoms with Crippen LogP contribution in [-0.2, 0) is 21.2 Å². The van der Waals surface area contributed by atoms with Gasteiger partial charge in [-0.1, -0.05) is 42.5 Å². The zero-order chi connectivity index (χ0) is 22.6. The number of amides is 1. The van der Waals surface area contributed by atoms with Crippen molar-refractivity contribution in [1.29, 1.82) is 5.26 Å². The first kappa shape index (κ1) is 22.5. The van der Waals surface area contributed by atoms with Crippen molar-refractivity contribution in [2.75, 3.05) is 10.0 Å². The highest BCUT2D eigenvalue weighted by Crippen LogP contribution is 2.35. The van der Waals surface area contributed by atoms with Crippen LogP contribution in [0.25, 0.3) is 10.4 Å². The lowest BCUT2D eigenvalue weighted by atomic mass is 10.1. The SMILES string of the molecule is CCC(=O)Nc1nc(C)c(-c2ccc(C)c(S(=O)(=O)Nc3ccc(CC#N)cc3)c2)s1. The normalized spacial score (nSPS) is 11.0. The Morgan fingerprint density at radius 3 is 2.52 bits per heavy atom. The van der Waals surface area contributed by atoms with E-state index < -0.39 is 10.0 Å². The summed E-state index contributed by atoms with van der Waals surface area (Å²) in [4.78, 5) is 17.0. The molecule has 0 aliphatic rings. The van der Waals surface area contributed by atoms with Crippen molar-refractivity contribution >= 4 is 38.1 Å². The van der Waals surface area contributed by atoms with E-state index >= 15 is 0 Å². The molecule has 2 aromatic carbocycles. The fraction of sp³-hybridized carbons (Fsp3) is 0.227. The van der Waals surface area contributed by atoms with Crippen LogP contribution in [0, 0.1) is 25.2 Å². The standard InChI is InChI=1S/C22H22N4O3S2/c1-4-20(27)25-22-24-15(3)21(30-22)17-8-5-14(2)19(13-17)31(28,29)26-18-9-6-16(7-10-18)11-12-23/h5-10,13,26H,4,11H2,1-3H3,(H,24,25,27). The molecular formula is C22H22N4O3S2. The molecule has 0 saturated carbocycles. The fourth-order valence-corrected chi connectivity index (χ4v) is 5.26. The summed E-state index contributed by atoms with van der Waals surface area (Å²) < 4.78 is 28.7. The number of aryl methyl sites for hydroxylation is 2. The van der Waals surface area contributed by atoms with E-state index in [0.29, 0.717) is 34.1 Å². The van der Waals surface area contributed by atoms with Crippen LogP contribution in [0.2, 0.25) is 0 Å². The number of nitrogens with zero attached hydrogens (tertiary/aromatic N) is 2. The van der Waals surface area contributed by atoms with Crippen molar-refractivity contribution in [3.8, 4) is 16.5 Å². The monoisotopic (exact) mass is 454 g/mol. The van der Waals surface area contributed by atoms with Crippen molar-refractivity contribution in [3.05, 3.63) is 59.3 Å². The number of carbonyl (C=O) groups is 1. The van der Waals surface area contributed by atoms with Crippen molar-refractivity contribution in [2.24, 2.45) is 0 Å². The molecule has 0 aliphatic carbocycles. The highest BCUT2D eigenvalue weighted by molar-refractivity contribution is 7.92. The molecule has 0 saturated heterocycles. The predicted molar refractivity (Wildman–Crippen MR) is 123 cm³/mol. The van der Waals surface area contributed by atoms with Crippen LogP contribution in [-0.4, -0.2) is 19.3 Å². The molecule has 2 N–H and O–H groups in total. The zero-order valence-electron chi connectivity index (χ0n) is 17.4. The molecule has 160 valence electrons. The van der Waals surface area contributed by atoms with E-state index in [9.17, 15) is 13.2 Å². The molecule has 1 aromatic heterocycles. The molecule has 0 bridgehead atoms. The molecule has 0 fully saturated rings. The Labute approximate surface area is 185 Å². The maximum absolute atomic E-state index is 13.1. The van der Waals surface area contributed by atoms with Gasteiger partial charge < -0.3 is 5.32 Å². The van der Waals surface area contributed by atoms with E-state index in [1.54, 1.807) is 50.2 Å². The summed E-state index contributed by atoms with van der Waals surface area (Å²) in [6, 6.07) is 14.0. The van der Waals surface area contributed by atoms with Crippen LogP contribution in [0.4, 0.5) is 10.8 Å². The Bertz CT molecular complexity index is 1260. The lowest BCUT2D eigenvalue weighted by molar-refractivity contribution is -0.115. The van der Waals surface area contributed by atoms with Crippen LogP contribution < -0.4 is 10.0 Å². The Kier molecular flexibility index (Phi) is 6.73. The van der Waals surface area contributed by atoms with Crippen LogP contribution >= 0.6 is 11.3 Å². The van der Waals surface area contributed by atoms with E-state index in [1.807, 2.05) is 13.0 Å². The van der Waals surface area contributed by atoms with Gasteiger partial charge in [0.2, 0.25) is 5.91 Å². The lowest BCUT2D eigenvalue weighted by Crippen LogP contribution is -2.14. The molecule has 1 heterocycles. The van der Waals surface area contributed by atoms with E-state index in [0.717, 1.165) is 10.4 Å². The predicted octanol–water partition coefficient (Wildman–Crippen LogP) is 4.64. The molecule has 0 aliphatic heterocycles. The second-order valence-electron chi connectivity index (χ2n) is 6.95. The number of anilines is 2. The number of nitriles is 1. The Morgan fingerprint density at radius 2 is 1.87 bits per heavy atom. The lowest BCUT2D eigenvalue weighted by Gasteiger charge is -2.12. The average molecular weight is 455 g/mol. The Hall–Kier alpha value is -3.22. The van der Waals surface area contributed by atoms with Gasteiger partial charge in [0.25, 0.3) is 10.0 Å². The van der Waals surface area contributed by atoms with Crippen LogP contribution in [0.5, 0.6) is 0 Å². The summed E-state index contributed by atoms with van der Waals surface area (Å²) in [7, 11) is -3.83. The minimum atomic E-state index is -3.83. The number of thiazole rings is 1. The fourth-order valence-electron chi connectivity index (χ4n) is 2.95. The largest absolute Gasteiger partial charge is 0.302 e. The van der Waals surface area contributed by atoms with Crippen LogP contribution in [0.3, 0.4) is 0 Å². The number of hydrogen-bond acceptors (Lipinski definition) is 6. The molecule has 31 heavy (non-hydrogen) atoms. The molecule has 0 unspecified atom stereocenters. The quantitative estimate of drug-likeness (QED) is 0.540. The van der Waals surface area contributed by atoms with E-state index in [4.69, 9.17) is 5.26 Å². The van der Waals surface area contributed by atoms with Gasteiger partial charge in [0.15, 0.2) is 5.13 Å². The molecule has 3 rings (SSSR count). The van der Waals surface area contributed by atoms with Crippen molar-refractivity contribution in [1.82, 2.24) is 4.98 Å². The molecule has 0 spiro atoms. The third-order valence-corrected chi connectivity index (χ3v) is 7.24. The topological polar surface area (TPSA) is 112 Å². The van der Waals surface area contributed by atoms with E-state index in [1.165, 1.54) is 11.3 Å². The summed E-state index contributed by atoms with van der Waals surface area (Å²) in [5.41, 5.74) is 3.27. The van der Waals surface area contributed by atoms with Crippen molar-refractivity contribution in [3.63, 3.8) is 0 Å². The molecule has 0 atom stereocenters. The molecule has 9 heteroatoms. The second kappa shape index (κ2) is 9.29. The maximum Gasteiger partial charge on any atom is 0.262 e. The van der Waals surface area contributed by atoms with E-state index in [2.05, 4.69) is 21.1 Å². The van der Waals surface area contributed by atoms with Crippen molar-refractivity contribution < 1.29 is 13.2 Å². The zero-order valence-corrected chi connectivity index (χ0v) is 19.0. The van der Waals surface area contributed by atoms with Gasteiger partial charge in [0.05, 0.1) is 28.0 Å². The summed E-state index contributed by atoms with van der Waals surface area (Å²) in [6.45, 7) is 5.32. The molecule has 1 amide bonds. The molecule has 0 radical (unpaired) electrons. The number of carbonyl (C=O) groups excluding carboxylic acids is 1. The first-order valence-corrected chi connectivity index (χ1v) is 11.9. The van der Waals surface area contributed by atoms with Gasteiger partial charge in [-0.2, -0.15) is 5.26 Å². The summed E-state index contributed by atoms with van der Waals surface area (Å²) in [5.74, 6) is -0.127. The maximum atomic E-state index is 13.1. The van der Waals surface area contributed by atoms with Gasteiger partial charge in [-0.25, -0.2) is 13.4 Å². The van der Waals surface area contributed by atoms with Gasteiger partial charge >= 0.3 is 0 Å². The second-order valence-corrected chi connectivity index (χ2v) is 9.60.